The van der Waals surface area contributed by atoms with Gasteiger partial charge in [-0.25, -0.2) is 0 Å². The van der Waals surface area contributed by atoms with Crippen LogP contribution in [0.5, 0.6) is 0 Å². The second-order valence-electron chi connectivity index (χ2n) is 2.74. The average molecular weight is 229 g/mol. The van der Waals surface area contributed by atoms with Gasteiger partial charge in [0.1, 0.15) is 0 Å². The second-order valence-corrected chi connectivity index (χ2v) is 3.30. The molecule has 1 heterocycles. The monoisotopic (exact) mass is 228 g/mol. The van der Waals surface area contributed by atoms with Crippen LogP contribution in [0.3, 0.4) is 0 Å². The summed E-state index contributed by atoms with van der Waals surface area (Å²) in [6.07, 6.45) is 7.14. The lowest BCUT2D eigenvalue weighted by atomic mass is 10.2. The van der Waals surface area contributed by atoms with Crippen molar-refractivity contribution in [2.75, 3.05) is 5.33 Å². The Bertz CT molecular complexity index is 270. The summed E-state index contributed by atoms with van der Waals surface area (Å²) in [5.74, 6) is 0. The summed E-state index contributed by atoms with van der Waals surface area (Å²) in [5.41, 5.74) is 2.57. The van der Waals surface area contributed by atoms with Gasteiger partial charge in [-0.15, -0.1) is 0 Å². The Hall–Kier alpha value is -0.570. The molecule has 0 bridgehead atoms. The Morgan fingerprint density at radius 1 is 1.75 bits per heavy atom. The maximum absolute atomic E-state index is 4.10. The summed E-state index contributed by atoms with van der Waals surface area (Å²) >= 11 is 3.44. The number of halogens is 1. The maximum atomic E-state index is 4.10. The summed E-state index contributed by atoms with van der Waals surface area (Å²) in [6, 6.07) is 0. The third-order valence-electron chi connectivity index (χ3n) is 1.72. The first kappa shape index (κ1) is 9.52. The largest absolute Gasteiger partial charge is 0.275 e. The highest BCUT2D eigenvalue weighted by atomic mass is 79.9. The van der Waals surface area contributed by atoms with Crippen LogP contribution in [0.25, 0.3) is 6.08 Å². The summed E-state index contributed by atoms with van der Waals surface area (Å²) < 4.78 is 1.81. The standard InChI is InChI=1S/C9H13BrN2/c1-3-8(5-10)4-9-6-11-12(2)7-9/h4,6-7H,3,5H2,1-2H3. The number of hydrogen-bond donors (Lipinski definition) is 0. The molecule has 2 nitrogen and oxygen atoms in total. The van der Waals surface area contributed by atoms with Gasteiger partial charge in [0.25, 0.3) is 0 Å². The Morgan fingerprint density at radius 3 is 2.92 bits per heavy atom. The van der Waals surface area contributed by atoms with Crippen molar-refractivity contribution in [3.8, 4) is 0 Å². The molecule has 0 spiro atoms. The Balaban J connectivity index is 2.78. The van der Waals surface area contributed by atoms with E-state index in [4.69, 9.17) is 0 Å². The number of rotatable bonds is 3. The molecule has 66 valence electrons. The van der Waals surface area contributed by atoms with Gasteiger partial charge in [0.05, 0.1) is 6.20 Å². The molecule has 1 rings (SSSR count). The Morgan fingerprint density at radius 2 is 2.50 bits per heavy atom. The van der Waals surface area contributed by atoms with E-state index in [2.05, 4.69) is 34.0 Å². The van der Waals surface area contributed by atoms with Crippen LogP contribution in [-0.4, -0.2) is 15.1 Å². The molecule has 0 fully saturated rings. The Labute approximate surface area is 81.4 Å². The van der Waals surface area contributed by atoms with Crippen LogP contribution in [0.1, 0.15) is 18.9 Å². The number of alkyl halides is 1. The molecule has 0 saturated heterocycles. The summed E-state index contributed by atoms with van der Waals surface area (Å²) in [4.78, 5) is 0. The lowest BCUT2D eigenvalue weighted by Gasteiger charge is -1.95. The summed E-state index contributed by atoms with van der Waals surface area (Å²) in [6.45, 7) is 2.16. The van der Waals surface area contributed by atoms with Crippen LogP contribution in [0.2, 0.25) is 0 Å². The number of allylic oxidation sites excluding steroid dienone is 1. The molecular weight excluding hydrogens is 216 g/mol. The Kier molecular flexibility index (Phi) is 3.53. The van der Waals surface area contributed by atoms with Gasteiger partial charge in [0.2, 0.25) is 0 Å². The molecule has 1 aromatic rings. The minimum atomic E-state index is 0.943. The van der Waals surface area contributed by atoms with E-state index in [0.29, 0.717) is 0 Å². The van der Waals surface area contributed by atoms with E-state index >= 15 is 0 Å². The molecule has 0 saturated carbocycles. The minimum Gasteiger partial charge on any atom is -0.275 e. The molecule has 0 aliphatic rings. The molecule has 0 radical (unpaired) electrons. The smallest absolute Gasteiger partial charge is 0.0562 e. The van der Waals surface area contributed by atoms with E-state index in [1.54, 1.807) is 0 Å². The molecule has 3 heteroatoms. The maximum Gasteiger partial charge on any atom is 0.0562 e. The fourth-order valence-corrected chi connectivity index (χ4v) is 1.54. The van der Waals surface area contributed by atoms with Crippen molar-refractivity contribution in [1.82, 2.24) is 9.78 Å². The highest BCUT2D eigenvalue weighted by molar-refractivity contribution is 9.09. The SMILES string of the molecule is CCC(=Cc1cnn(C)c1)CBr. The normalized spacial score (nSPS) is 12.1. The van der Waals surface area contributed by atoms with Gasteiger partial charge in [0.15, 0.2) is 0 Å². The van der Waals surface area contributed by atoms with Crippen LogP contribution >= 0.6 is 15.9 Å². The first-order valence-corrected chi connectivity index (χ1v) is 5.12. The third kappa shape index (κ3) is 2.48. The quantitative estimate of drug-likeness (QED) is 0.728. The fraction of sp³-hybridized carbons (Fsp3) is 0.444. The zero-order chi connectivity index (χ0) is 8.97. The van der Waals surface area contributed by atoms with Gasteiger partial charge in [-0.05, 0) is 6.42 Å². The van der Waals surface area contributed by atoms with E-state index in [1.807, 2.05) is 24.1 Å². The number of nitrogens with zero attached hydrogens (tertiary/aromatic N) is 2. The zero-order valence-corrected chi connectivity index (χ0v) is 9.00. The van der Waals surface area contributed by atoms with E-state index < -0.39 is 0 Å². The van der Waals surface area contributed by atoms with E-state index in [0.717, 1.165) is 11.8 Å². The van der Waals surface area contributed by atoms with E-state index in [1.165, 1.54) is 11.1 Å². The van der Waals surface area contributed by atoms with Crippen molar-refractivity contribution >= 4 is 22.0 Å². The predicted octanol–water partition coefficient (Wildman–Crippen LogP) is 2.61. The van der Waals surface area contributed by atoms with E-state index in [9.17, 15) is 0 Å². The van der Waals surface area contributed by atoms with Gasteiger partial charge in [-0.3, -0.25) is 4.68 Å². The van der Waals surface area contributed by atoms with Crippen LogP contribution in [0.15, 0.2) is 18.0 Å². The first-order valence-electron chi connectivity index (χ1n) is 4.00. The molecule has 0 unspecified atom stereocenters. The number of hydrogen-bond acceptors (Lipinski definition) is 1. The van der Waals surface area contributed by atoms with Gasteiger partial charge in [-0.1, -0.05) is 34.5 Å². The average Bonchev–Trinajstić information content (AvgIpc) is 2.47. The highest BCUT2D eigenvalue weighted by Gasteiger charge is 1.94. The fourth-order valence-electron chi connectivity index (χ4n) is 0.986. The minimum absolute atomic E-state index is 0.943. The lowest BCUT2D eigenvalue weighted by molar-refractivity contribution is 0.767. The first-order chi connectivity index (χ1) is 5.76. The van der Waals surface area contributed by atoms with E-state index in [-0.39, 0.29) is 0 Å². The van der Waals surface area contributed by atoms with Crippen LogP contribution < -0.4 is 0 Å². The van der Waals surface area contributed by atoms with Gasteiger partial charge in [0, 0.05) is 24.1 Å². The molecule has 0 aliphatic heterocycles. The molecule has 0 aliphatic carbocycles. The van der Waals surface area contributed by atoms with Gasteiger partial charge < -0.3 is 0 Å². The third-order valence-corrected chi connectivity index (χ3v) is 2.44. The molecule has 0 amide bonds. The molecule has 12 heavy (non-hydrogen) atoms. The van der Waals surface area contributed by atoms with Gasteiger partial charge in [-0.2, -0.15) is 5.10 Å². The van der Waals surface area contributed by atoms with Crippen molar-refractivity contribution in [3.63, 3.8) is 0 Å². The van der Waals surface area contributed by atoms with Crippen molar-refractivity contribution in [1.29, 1.82) is 0 Å². The van der Waals surface area contributed by atoms with Crippen molar-refractivity contribution in [2.24, 2.45) is 7.05 Å². The van der Waals surface area contributed by atoms with Crippen LogP contribution in [0, 0.1) is 0 Å². The lowest BCUT2D eigenvalue weighted by Crippen LogP contribution is -1.84. The van der Waals surface area contributed by atoms with Crippen LogP contribution in [-0.2, 0) is 7.05 Å². The molecule has 1 aromatic heterocycles. The van der Waals surface area contributed by atoms with Crippen LogP contribution in [0.4, 0.5) is 0 Å². The number of aromatic nitrogens is 2. The molecule has 0 N–H and O–H groups in total. The van der Waals surface area contributed by atoms with Crippen molar-refractivity contribution < 1.29 is 0 Å². The predicted molar refractivity (Wildman–Crippen MR) is 55.3 cm³/mol. The molecular formula is C9H13BrN2. The highest BCUT2D eigenvalue weighted by Crippen LogP contribution is 2.10. The zero-order valence-electron chi connectivity index (χ0n) is 7.42. The summed E-state index contributed by atoms with van der Waals surface area (Å²) in [5, 5.41) is 5.04. The van der Waals surface area contributed by atoms with Crippen molar-refractivity contribution in [2.45, 2.75) is 13.3 Å². The second kappa shape index (κ2) is 4.45. The van der Waals surface area contributed by atoms with Gasteiger partial charge >= 0.3 is 0 Å². The summed E-state index contributed by atoms with van der Waals surface area (Å²) in [7, 11) is 1.93. The topological polar surface area (TPSA) is 17.8 Å². The van der Waals surface area contributed by atoms with Crippen molar-refractivity contribution in [3.05, 3.63) is 23.5 Å². The molecule has 0 aromatic carbocycles. The number of aryl methyl sites for hydroxylation is 1. The molecule has 0 atom stereocenters.